The second-order valence-corrected chi connectivity index (χ2v) is 18.5. The zero-order chi connectivity index (χ0) is 25.0. The van der Waals surface area contributed by atoms with Crippen molar-refractivity contribution >= 4 is 40.7 Å². The van der Waals surface area contributed by atoms with E-state index in [-0.39, 0.29) is 0 Å². The molecule has 0 atom stereocenters. The third-order valence-electron chi connectivity index (χ3n) is 5.28. The van der Waals surface area contributed by atoms with E-state index in [0.717, 1.165) is 0 Å². The van der Waals surface area contributed by atoms with Crippen LogP contribution in [0.5, 0.6) is 0 Å². The zero-order valence-corrected chi connectivity index (χ0v) is 22.4. The number of allylic oxidation sites excluding steroid dienone is 6. The van der Waals surface area contributed by atoms with Crippen LogP contribution in [0.2, 0.25) is 0 Å². The Balaban J connectivity index is 2.44. The molecular weight excluding hydrogens is 546 g/mol. The average molecular weight is 575 g/mol. The van der Waals surface area contributed by atoms with E-state index in [1.807, 2.05) is 117 Å². The molecule has 178 valence electrons. The molecule has 0 aromatic heterocycles. The van der Waals surface area contributed by atoms with E-state index in [1.54, 1.807) is 24.3 Å². The molecule has 0 saturated carbocycles. The first-order chi connectivity index (χ1) is 17.1. The Morgan fingerprint density at radius 3 is 1.14 bits per heavy atom. The Morgan fingerprint density at radius 2 is 0.857 bits per heavy atom. The molecule has 0 aliphatic rings. The van der Waals surface area contributed by atoms with Gasteiger partial charge in [-0.25, -0.2) is 0 Å². The summed E-state index contributed by atoms with van der Waals surface area (Å²) in [5.74, 6) is -1.18. The second-order valence-electron chi connectivity index (χ2n) is 7.55. The van der Waals surface area contributed by atoms with Crippen LogP contribution < -0.4 is 10.5 Å². The molecular formula is C30H29O4Sb. The number of carbonyl (C=O) groups excluding carboxylic acids is 2. The third-order valence-corrected chi connectivity index (χ3v) is 18.9. The van der Waals surface area contributed by atoms with Gasteiger partial charge in [-0.1, -0.05) is 0 Å². The molecule has 0 aliphatic carbocycles. The molecule has 0 radical (unpaired) electrons. The first kappa shape index (κ1) is 26.0. The fraction of sp³-hybridized carbons (Fsp3) is 0.0667. The van der Waals surface area contributed by atoms with Crippen molar-refractivity contribution in [3.63, 3.8) is 0 Å². The van der Waals surface area contributed by atoms with Crippen molar-refractivity contribution in [1.82, 2.24) is 0 Å². The van der Waals surface area contributed by atoms with Crippen molar-refractivity contribution in [1.29, 1.82) is 0 Å². The van der Waals surface area contributed by atoms with Crippen LogP contribution in [0.25, 0.3) is 0 Å². The summed E-state index contributed by atoms with van der Waals surface area (Å²) in [5, 5.41) is 0. The van der Waals surface area contributed by atoms with Crippen LogP contribution in [0.1, 0.15) is 13.8 Å². The summed E-state index contributed by atoms with van der Waals surface area (Å²) in [4.78, 5) is 26.8. The van der Waals surface area contributed by atoms with Crippen molar-refractivity contribution < 1.29 is 15.6 Å². The third kappa shape index (κ3) is 5.55. The van der Waals surface area contributed by atoms with Crippen LogP contribution in [0.4, 0.5) is 0 Å². The predicted octanol–water partition coefficient (Wildman–Crippen LogP) is 4.46. The van der Waals surface area contributed by atoms with Crippen LogP contribution in [-0.2, 0) is 15.6 Å². The number of benzene rings is 3. The molecule has 0 unspecified atom stereocenters. The number of hydrogen-bond donors (Lipinski definition) is 0. The predicted molar refractivity (Wildman–Crippen MR) is 144 cm³/mol. The fourth-order valence-corrected chi connectivity index (χ4v) is 16.7. The van der Waals surface area contributed by atoms with Crippen LogP contribution in [-0.4, -0.2) is 30.2 Å². The number of carbonyl (C=O) groups is 2. The van der Waals surface area contributed by atoms with Crippen molar-refractivity contribution in [2.45, 2.75) is 13.8 Å². The molecule has 0 amide bonds. The minimum atomic E-state index is -5.76. The normalized spacial score (nSPS) is 13.3. The second kappa shape index (κ2) is 12.2. The maximum atomic E-state index is 13.4. The summed E-state index contributed by atoms with van der Waals surface area (Å²) in [6.07, 6.45) is 13.0. The van der Waals surface area contributed by atoms with Gasteiger partial charge in [0.1, 0.15) is 0 Å². The van der Waals surface area contributed by atoms with Crippen LogP contribution in [0.3, 0.4) is 0 Å². The Kier molecular flexibility index (Phi) is 9.05. The van der Waals surface area contributed by atoms with Crippen LogP contribution >= 0.6 is 0 Å². The van der Waals surface area contributed by atoms with Gasteiger partial charge in [-0.3, -0.25) is 0 Å². The Morgan fingerprint density at radius 1 is 0.543 bits per heavy atom. The summed E-state index contributed by atoms with van der Waals surface area (Å²) in [6.45, 7) is 3.72. The molecule has 0 heterocycles. The summed E-state index contributed by atoms with van der Waals surface area (Å²) < 4.78 is 15.1. The Bertz CT molecular complexity index is 1100. The van der Waals surface area contributed by atoms with Crippen molar-refractivity contribution in [3.8, 4) is 0 Å². The van der Waals surface area contributed by atoms with Crippen molar-refractivity contribution in [2.75, 3.05) is 0 Å². The summed E-state index contributed by atoms with van der Waals surface area (Å²) in [6, 6.07) is 28.0. The fourth-order valence-electron chi connectivity index (χ4n) is 3.77. The number of hydrogen-bond acceptors (Lipinski definition) is 4. The molecule has 0 N–H and O–H groups in total. The SMILES string of the molecule is C/C=C/C=C/C(=O)[O][Sb]([O]C(=O)/C=C/C=C/C)([c]1ccccc1)([c]1ccccc1)[c]1ccccc1. The van der Waals surface area contributed by atoms with Crippen LogP contribution in [0, 0.1) is 0 Å². The Hall–Kier alpha value is -3.62. The van der Waals surface area contributed by atoms with Gasteiger partial charge in [0.25, 0.3) is 0 Å². The monoisotopic (exact) mass is 574 g/mol. The zero-order valence-electron chi connectivity index (χ0n) is 19.9. The average Bonchev–Trinajstić information content (AvgIpc) is 2.90. The molecule has 3 aromatic rings. The molecule has 0 bridgehead atoms. The minimum absolute atomic E-state index is 0.591. The molecule has 0 aliphatic heterocycles. The van der Waals surface area contributed by atoms with E-state index in [0.29, 0.717) is 10.5 Å². The molecule has 0 fully saturated rings. The van der Waals surface area contributed by atoms with Gasteiger partial charge in [-0.05, 0) is 0 Å². The molecule has 35 heavy (non-hydrogen) atoms. The molecule has 0 spiro atoms. The summed E-state index contributed by atoms with van der Waals surface area (Å²) in [7, 11) is 0. The number of rotatable bonds is 9. The van der Waals surface area contributed by atoms with Gasteiger partial charge in [0.2, 0.25) is 0 Å². The quantitative estimate of drug-likeness (QED) is 0.215. The van der Waals surface area contributed by atoms with E-state index in [1.165, 1.54) is 12.2 Å². The van der Waals surface area contributed by atoms with Crippen LogP contribution in [0.15, 0.2) is 140 Å². The van der Waals surface area contributed by atoms with Gasteiger partial charge >= 0.3 is 210 Å². The van der Waals surface area contributed by atoms with Gasteiger partial charge in [-0.2, -0.15) is 0 Å². The molecule has 4 nitrogen and oxygen atoms in total. The van der Waals surface area contributed by atoms with Gasteiger partial charge in [0.05, 0.1) is 0 Å². The van der Waals surface area contributed by atoms with Crippen molar-refractivity contribution in [3.05, 3.63) is 140 Å². The van der Waals surface area contributed by atoms with E-state index in [9.17, 15) is 9.59 Å². The Labute approximate surface area is 209 Å². The van der Waals surface area contributed by atoms with E-state index < -0.39 is 30.2 Å². The standard InChI is InChI=1S/2C6H8O2.3C6H5.Sb/c2*1-2-3-4-5-6(7)8;3*1-2-4-6-5-3-1;/h2*2-5H,1H3,(H,7,8);3*1-5H;/q;;;;;+2/p-2/b2*3-2+,5-4+;;;;. The van der Waals surface area contributed by atoms with Gasteiger partial charge in [0, 0.05) is 0 Å². The van der Waals surface area contributed by atoms with Crippen molar-refractivity contribution in [2.24, 2.45) is 0 Å². The molecule has 3 aromatic carbocycles. The van der Waals surface area contributed by atoms with E-state index in [4.69, 9.17) is 6.03 Å². The molecule has 3 rings (SSSR count). The van der Waals surface area contributed by atoms with Gasteiger partial charge in [-0.15, -0.1) is 0 Å². The summed E-state index contributed by atoms with van der Waals surface area (Å²) in [5.41, 5.74) is 0. The first-order valence-electron chi connectivity index (χ1n) is 11.3. The van der Waals surface area contributed by atoms with E-state index in [2.05, 4.69) is 0 Å². The van der Waals surface area contributed by atoms with E-state index >= 15 is 0 Å². The van der Waals surface area contributed by atoms with Gasteiger partial charge < -0.3 is 0 Å². The maximum absolute atomic E-state index is 13.4. The topological polar surface area (TPSA) is 52.6 Å². The first-order valence-corrected chi connectivity index (χ1v) is 17.2. The summed E-state index contributed by atoms with van der Waals surface area (Å²) >= 11 is -5.76. The van der Waals surface area contributed by atoms with Gasteiger partial charge in [0.15, 0.2) is 0 Å². The molecule has 0 saturated heterocycles. The molecule has 5 heteroatoms.